The molecule has 7 heteroatoms. The predicted molar refractivity (Wildman–Crippen MR) is 228 cm³/mol. The second-order valence-corrected chi connectivity index (χ2v) is 13.7. The van der Waals surface area contributed by atoms with Gasteiger partial charge in [0.25, 0.3) is 0 Å². The van der Waals surface area contributed by atoms with Crippen LogP contribution in [-0.2, 0) is 21.1 Å². The van der Waals surface area contributed by atoms with Gasteiger partial charge in [0, 0.05) is 50.6 Å². The number of anilines is 5. The Morgan fingerprint density at radius 2 is 1.05 bits per heavy atom. The molecule has 0 spiro atoms. The van der Waals surface area contributed by atoms with Crippen molar-refractivity contribution in [1.29, 1.82) is 0 Å². The predicted octanol–water partition coefficient (Wildman–Crippen LogP) is 12.2. The van der Waals surface area contributed by atoms with Crippen LogP contribution >= 0.6 is 0 Å². The Morgan fingerprint density at radius 1 is 0.491 bits per heavy atom. The van der Waals surface area contributed by atoms with Crippen molar-refractivity contribution in [2.75, 3.05) is 21.9 Å². The number of hydrogen-bond donors (Lipinski definition) is 0. The van der Waals surface area contributed by atoms with Crippen molar-refractivity contribution < 1.29 is 25.8 Å². The maximum absolute atomic E-state index is 6.47. The average Bonchev–Trinajstić information content (AvgIpc) is 3.86. The van der Waals surface area contributed by atoms with Gasteiger partial charge < -0.3 is 24.4 Å². The SMILES string of the molecule is CN1[CH-]N(c2[c-]c(Oc3[c-]c(N4[CH-]N(c5c(-c6ccccc6)cccc5-c5ccccc5)c5c4ccc4ccccc54)ccc3)ccc2)N=C1c1ccccc1.[Pt+4]. The Morgan fingerprint density at radius 3 is 1.72 bits per heavy atom. The van der Waals surface area contributed by atoms with Crippen LogP contribution in [0, 0.1) is 25.5 Å². The van der Waals surface area contributed by atoms with Crippen molar-refractivity contribution in [2.45, 2.75) is 0 Å². The first-order valence-electron chi connectivity index (χ1n) is 18.6. The van der Waals surface area contributed by atoms with Gasteiger partial charge in [0.15, 0.2) is 0 Å². The van der Waals surface area contributed by atoms with Crippen LogP contribution in [0.1, 0.15) is 5.56 Å². The smallest absolute Gasteiger partial charge is 0.509 e. The number of rotatable bonds is 8. The fraction of sp³-hybridized carbons (Fsp3) is 0.0200. The molecule has 0 aliphatic carbocycles. The number of nitrogens with zero attached hydrogens (tertiary/aromatic N) is 5. The fourth-order valence-electron chi connectivity index (χ4n) is 7.56. The van der Waals surface area contributed by atoms with Crippen molar-refractivity contribution in [3.05, 3.63) is 213 Å². The normalized spacial score (nSPS) is 13.4. The third-order valence-corrected chi connectivity index (χ3v) is 10.1. The van der Waals surface area contributed by atoms with Crippen LogP contribution in [0.3, 0.4) is 0 Å². The number of benzene rings is 8. The van der Waals surface area contributed by atoms with Gasteiger partial charge >= 0.3 is 21.1 Å². The molecule has 6 nitrogen and oxygen atoms in total. The Balaban J connectivity index is 0.00000422. The summed E-state index contributed by atoms with van der Waals surface area (Å²) < 4.78 is 6.47. The maximum atomic E-state index is 6.47. The molecule has 0 saturated carbocycles. The van der Waals surface area contributed by atoms with Crippen molar-refractivity contribution in [2.24, 2.45) is 5.10 Å². The van der Waals surface area contributed by atoms with Crippen molar-refractivity contribution in [3.8, 4) is 33.8 Å². The third-order valence-electron chi connectivity index (χ3n) is 10.1. The van der Waals surface area contributed by atoms with E-state index in [2.05, 4.69) is 162 Å². The zero-order valence-electron chi connectivity index (χ0n) is 30.9. The number of amidine groups is 1. The summed E-state index contributed by atoms with van der Waals surface area (Å²) in [5.74, 6) is 2.01. The summed E-state index contributed by atoms with van der Waals surface area (Å²) in [6.07, 6.45) is 0. The van der Waals surface area contributed by atoms with Gasteiger partial charge in [-0.1, -0.05) is 145 Å². The second kappa shape index (κ2) is 15.5. The van der Waals surface area contributed by atoms with Crippen LogP contribution in [0.5, 0.6) is 11.5 Å². The molecule has 57 heavy (non-hydrogen) atoms. The van der Waals surface area contributed by atoms with Crippen molar-refractivity contribution in [3.63, 3.8) is 0 Å². The molecule has 0 radical (unpaired) electrons. The van der Waals surface area contributed by atoms with Gasteiger partial charge in [-0.2, -0.15) is 17.2 Å². The molecule has 2 aliphatic heterocycles. The Bertz CT molecular complexity index is 2670. The topological polar surface area (TPSA) is 34.6 Å². The fourth-order valence-corrected chi connectivity index (χ4v) is 7.56. The largest absolute Gasteiger partial charge is 4.00 e. The molecule has 8 aromatic carbocycles. The number of fused-ring (bicyclic) bond motifs is 3. The van der Waals surface area contributed by atoms with Crippen LogP contribution in [0.2, 0.25) is 0 Å². The van der Waals surface area contributed by atoms with Crippen LogP contribution in [0.25, 0.3) is 33.0 Å². The van der Waals surface area contributed by atoms with E-state index in [1.165, 1.54) is 5.39 Å². The zero-order valence-corrected chi connectivity index (χ0v) is 33.2. The van der Waals surface area contributed by atoms with Crippen molar-refractivity contribution >= 4 is 45.0 Å². The van der Waals surface area contributed by atoms with E-state index in [0.717, 1.165) is 67.5 Å². The van der Waals surface area contributed by atoms with Crippen LogP contribution in [0.15, 0.2) is 187 Å². The molecule has 10 rings (SSSR count). The molecule has 0 amide bonds. The van der Waals surface area contributed by atoms with E-state index in [1.54, 1.807) is 0 Å². The van der Waals surface area contributed by atoms with Crippen LogP contribution in [0.4, 0.5) is 28.4 Å². The van der Waals surface area contributed by atoms with Gasteiger partial charge in [0.05, 0.1) is 0 Å². The third kappa shape index (κ3) is 6.83. The first-order valence-corrected chi connectivity index (χ1v) is 18.6. The van der Waals surface area contributed by atoms with Crippen molar-refractivity contribution in [1.82, 2.24) is 4.90 Å². The summed E-state index contributed by atoms with van der Waals surface area (Å²) in [5, 5.41) is 9.01. The minimum atomic E-state index is 0. The molecule has 2 aliphatic rings. The van der Waals surface area contributed by atoms with Crippen LogP contribution in [-0.4, -0.2) is 17.8 Å². The van der Waals surface area contributed by atoms with Gasteiger partial charge in [-0.3, -0.25) is 0 Å². The zero-order chi connectivity index (χ0) is 37.4. The number of hydrogen-bond acceptors (Lipinski definition) is 6. The molecule has 0 unspecified atom stereocenters. The van der Waals surface area contributed by atoms with E-state index < -0.39 is 0 Å². The maximum Gasteiger partial charge on any atom is 4.00 e. The van der Waals surface area contributed by atoms with Gasteiger partial charge in [-0.05, 0) is 29.6 Å². The standard InChI is InChI=1S/C50H35N5O.Pt/c1-52-34-55(51-50(52)39-21-9-4-10-22-39)41-24-14-26-43(33-41)56-42-25-13-23-40(32-42)53-35-54(49-46-27-12-11-20-38(46)30-31-47(49)53)48-44(36-16-5-2-6-17-36)28-15-29-45(48)37-18-7-3-8-19-37;/h2-31,34-35H,1H3;/q-4;+4. The molecule has 0 aromatic heterocycles. The first-order chi connectivity index (χ1) is 27.7. The molecular weight excluding hydrogens is 882 g/mol. The number of hydrazone groups is 1. The molecule has 0 N–H and O–H groups in total. The monoisotopic (exact) mass is 916 g/mol. The molecule has 0 bridgehead atoms. The minimum absolute atomic E-state index is 0. The van der Waals surface area contributed by atoms with E-state index >= 15 is 0 Å². The number of para-hydroxylation sites is 1. The van der Waals surface area contributed by atoms with E-state index in [9.17, 15) is 0 Å². The summed E-state index contributed by atoms with van der Waals surface area (Å²) >= 11 is 0. The molecule has 0 atom stereocenters. The van der Waals surface area contributed by atoms with Gasteiger partial charge in [-0.15, -0.1) is 55.4 Å². The first kappa shape index (κ1) is 36.0. The Hall–Kier alpha value is -6.62. The Kier molecular flexibility index (Phi) is 9.79. The summed E-state index contributed by atoms with van der Waals surface area (Å²) in [4.78, 5) is 6.57. The van der Waals surface area contributed by atoms with E-state index in [4.69, 9.17) is 9.84 Å². The van der Waals surface area contributed by atoms with Crippen LogP contribution < -0.4 is 19.5 Å². The molecule has 0 saturated heterocycles. The van der Waals surface area contributed by atoms with E-state index in [0.29, 0.717) is 11.5 Å². The molecule has 276 valence electrons. The molecule has 0 fully saturated rings. The quantitative estimate of drug-likeness (QED) is 0.142. The van der Waals surface area contributed by atoms with Gasteiger partial charge in [0.2, 0.25) is 0 Å². The average molecular weight is 917 g/mol. The summed E-state index contributed by atoms with van der Waals surface area (Å²) in [5.41, 5.74) is 10.5. The van der Waals surface area contributed by atoms with E-state index in [1.807, 2.05) is 72.2 Å². The number of ether oxygens (including phenoxy) is 1. The van der Waals surface area contributed by atoms with E-state index in [-0.39, 0.29) is 21.1 Å². The summed E-state index contributed by atoms with van der Waals surface area (Å²) in [6, 6.07) is 69.8. The Labute approximate surface area is 347 Å². The summed E-state index contributed by atoms with van der Waals surface area (Å²) in [7, 11) is 1.99. The van der Waals surface area contributed by atoms with Gasteiger partial charge in [0.1, 0.15) is 5.84 Å². The molecule has 2 heterocycles. The molecular formula is C50H35N5OPt. The molecule has 8 aromatic rings. The second-order valence-electron chi connectivity index (χ2n) is 13.7. The summed E-state index contributed by atoms with van der Waals surface area (Å²) in [6.45, 7) is 4.13. The minimum Gasteiger partial charge on any atom is -0.509 e. The van der Waals surface area contributed by atoms with Gasteiger partial charge in [-0.25, -0.2) is 0 Å².